The minimum Gasteiger partial charge on any atom is -0.297 e. The van der Waals surface area contributed by atoms with Crippen molar-refractivity contribution >= 4 is 7.98 Å². The number of aromatic nitrogens is 1. The summed E-state index contributed by atoms with van der Waals surface area (Å²) in [5, 5.41) is 0. The van der Waals surface area contributed by atoms with E-state index in [4.69, 9.17) is 0 Å². The first-order valence-corrected chi connectivity index (χ1v) is 2.30. The molecule has 0 N–H and O–H groups in total. The highest BCUT2D eigenvalue weighted by molar-refractivity contribution is 5.94. The van der Waals surface area contributed by atoms with Gasteiger partial charge in [-0.2, -0.15) is 0 Å². The molecular weight excluding hydrogens is 84.9 g/mol. The van der Waals surface area contributed by atoms with Crippen molar-refractivity contribution in [2.24, 2.45) is 0 Å². The summed E-state index contributed by atoms with van der Waals surface area (Å²) < 4.78 is 2.00. The number of hydrogen-bond donors (Lipinski definition) is 0. The summed E-state index contributed by atoms with van der Waals surface area (Å²) in [5.41, 5.74) is 0. The highest BCUT2D eigenvalue weighted by Crippen LogP contribution is 1.71. The number of nitrogens with zero attached hydrogens (tertiary/aromatic N) is 1. The van der Waals surface area contributed by atoms with Crippen molar-refractivity contribution in [1.82, 2.24) is 0 Å². The van der Waals surface area contributed by atoms with Gasteiger partial charge in [-0.15, -0.1) is 0 Å². The number of hydrogen-bond acceptors (Lipinski definition) is 0. The Morgan fingerprint density at radius 1 is 1.00 bits per heavy atom. The summed E-state index contributed by atoms with van der Waals surface area (Å²) in [6.07, 6.45) is 4.00. The van der Waals surface area contributed by atoms with Crippen LogP contribution in [0.2, 0.25) is 0 Å². The van der Waals surface area contributed by atoms with E-state index < -0.39 is 0 Å². The SMILES string of the molecule is B[n+]1ccccc1. The number of pyridine rings is 1. The summed E-state index contributed by atoms with van der Waals surface area (Å²) in [4.78, 5) is 0. The predicted molar refractivity (Wildman–Crippen MR) is 30.6 cm³/mol. The average molecular weight is 91.9 g/mol. The van der Waals surface area contributed by atoms with Crippen molar-refractivity contribution in [2.45, 2.75) is 0 Å². The smallest absolute Gasteiger partial charge is 0.297 e. The third-order valence-corrected chi connectivity index (χ3v) is 0.865. The highest BCUT2D eigenvalue weighted by atomic mass is 14.8. The monoisotopic (exact) mass is 92.1 g/mol. The molecule has 0 amide bonds. The largest absolute Gasteiger partial charge is 0.455 e. The molecular formula is C5H7BN+. The molecule has 1 rings (SSSR count). The zero-order chi connectivity index (χ0) is 5.11. The predicted octanol–water partition coefficient (Wildman–Crippen LogP) is -0.630. The van der Waals surface area contributed by atoms with Crippen molar-refractivity contribution < 1.29 is 4.48 Å². The van der Waals surface area contributed by atoms with Gasteiger partial charge < -0.3 is 0 Å². The van der Waals surface area contributed by atoms with Gasteiger partial charge in [-0.1, -0.05) is 6.07 Å². The maximum Gasteiger partial charge on any atom is 0.455 e. The zero-order valence-corrected chi connectivity index (χ0v) is 4.33. The van der Waals surface area contributed by atoms with Crippen LogP contribution in [0.5, 0.6) is 0 Å². The molecule has 1 nitrogen and oxygen atoms in total. The molecule has 2 heteroatoms. The molecule has 0 fully saturated rings. The van der Waals surface area contributed by atoms with E-state index in [1.165, 1.54) is 0 Å². The Balaban J connectivity index is 3.02. The quantitative estimate of drug-likeness (QED) is 0.375. The summed E-state index contributed by atoms with van der Waals surface area (Å²) in [6.45, 7) is 0. The number of rotatable bonds is 0. The average Bonchev–Trinajstić information content (AvgIpc) is 1.69. The molecule has 34 valence electrons. The molecule has 0 aromatic carbocycles. The van der Waals surface area contributed by atoms with Gasteiger partial charge in [0.2, 0.25) is 0 Å². The highest BCUT2D eigenvalue weighted by Gasteiger charge is 1.79. The van der Waals surface area contributed by atoms with Crippen LogP contribution in [0.25, 0.3) is 0 Å². The molecule has 1 aromatic rings. The molecule has 0 saturated heterocycles. The Morgan fingerprint density at radius 2 is 1.57 bits per heavy atom. The second-order valence-electron chi connectivity index (χ2n) is 1.54. The minimum absolute atomic E-state index is 2.00. The van der Waals surface area contributed by atoms with E-state index in [9.17, 15) is 0 Å². The summed E-state index contributed by atoms with van der Waals surface area (Å²) >= 11 is 0. The van der Waals surface area contributed by atoms with Gasteiger partial charge in [0.25, 0.3) is 0 Å². The van der Waals surface area contributed by atoms with E-state index in [-0.39, 0.29) is 0 Å². The normalized spacial score (nSPS) is 8.57. The fourth-order valence-corrected chi connectivity index (χ4v) is 0.485. The zero-order valence-electron chi connectivity index (χ0n) is 4.33. The lowest BCUT2D eigenvalue weighted by Gasteiger charge is -1.79. The Hall–Kier alpha value is -0.785. The Morgan fingerprint density at radius 3 is 1.86 bits per heavy atom. The molecule has 0 unspecified atom stereocenters. The molecule has 0 radical (unpaired) electrons. The van der Waals surface area contributed by atoms with Crippen LogP contribution in [0.15, 0.2) is 30.6 Å². The van der Waals surface area contributed by atoms with Crippen LogP contribution in [0, 0.1) is 0 Å². The molecule has 1 heterocycles. The van der Waals surface area contributed by atoms with Crippen LogP contribution in [0.4, 0.5) is 0 Å². The van der Waals surface area contributed by atoms with Gasteiger partial charge in [0, 0.05) is 0 Å². The van der Waals surface area contributed by atoms with Crippen LogP contribution in [0.3, 0.4) is 0 Å². The first-order valence-electron chi connectivity index (χ1n) is 2.30. The molecule has 0 aliphatic heterocycles. The van der Waals surface area contributed by atoms with Gasteiger partial charge in [0.05, 0.1) is 0 Å². The van der Waals surface area contributed by atoms with Crippen molar-refractivity contribution in [3.63, 3.8) is 0 Å². The lowest BCUT2D eigenvalue weighted by molar-refractivity contribution is -0.521. The fourth-order valence-electron chi connectivity index (χ4n) is 0.485. The van der Waals surface area contributed by atoms with E-state index in [2.05, 4.69) is 0 Å². The lowest BCUT2D eigenvalue weighted by atomic mass is 10.3. The topological polar surface area (TPSA) is 3.88 Å². The van der Waals surface area contributed by atoms with E-state index in [0.29, 0.717) is 0 Å². The minimum atomic E-state index is 2.00. The fraction of sp³-hybridized carbons (Fsp3) is 0. The van der Waals surface area contributed by atoms with E-state index in [0.717, 1.165) is 0 Å². The molecule has 0 atom stereocenters. The van der Waals surface area contributed by atoms with Gasteiger partial charge in [0.15, 0.2) is 0 Å². The molecule has 0 aliphatic carbocycles. The summed E-state index contributed by atoms with van der Waals surface area (Å²) in [7, 11) is 2.00. The van der Waals surface area contributed by atoms with Gasteiger partial charge in [-0.05, 0) is 12.1 Å². The van der Waals surface area contributed by atoms with Crippen LogP contribution in [-0.2, 0) is 0 Å². The van der Waals surface area contributed by atoms with Gasteiger partial charge >= 0.3 is 7.98 Å². The standard InChI is InChI=1S/C5H7BN/c6-7-4-2-1-3-5-7/h1-5H,6H2/q+1. The van der Waals surface area contributed by atoms with Crippen LogP contribution < -0.4 is 4.48 Å². The van der Waals surface area contributed by atoms with E-state index in [1.54, 1.807) is 0 Å². The van der Waals surface area contributed by atoms with Crippen LogP contribution >= 0.6 is 0 Å². The second-order valence-corrected chi connectivity index (χ2v) is 1.54. The van der Waals surface area contributed by atoms with Crippen LogP contribution in [-0.4, -0.2) is 7.98 Å². The summed E-state index contributed by atoms with van der Waals surface area (Å²) in [5.74, 6) is 0. The first-order chi connectivity index (χ1) is 3.39. The van der Waals surface area contributed by atoms with Gasteiger partial charge in [-0.25, -0.2) is 0 Å². The Bertz CT molecular complexity index is 138. The third-order valence-electron chi connectivity index (χ3n) is 0.865. The lowest BCUT2D eigenvalue weighted by Crippen LogP contribution is -2.28. The molecule has 0 bridgehead atoms. The molecule has 0 aliphatic rings. The Labute approximate surface area is 44.0 Å². The van der Waals surface area contributed by atoms with Crippen molar-refractivity contribution in [3.05, 3.63) is 30.6 Å². The molecule has 0 spiro atoms. The molecule has 7 heavy (non-hydrogen) atoms. The van der Waals surface area contributed by atoms with Crippen LogP contribution in [0.1, 0.15) is 0 Å². The molecule has 0 saturated carbocycles. The Kier molecular flexibility index (Phi) is 1.11. The second kappa shape index (κ2) is 1.78. The van der Waals surface area contributed by atoms with Crippen molar-refractivity contribution in [1.29, 1.82) is 0 Å². The maximum atomic E-state index is 2.00. The van der Waals surface area contributed by atoms with Crippen molar-refractivity contribution in [3.8, 4) is 0 Å². The first kappa shape index (κ1) is 4.38. The van der Waals surface area contributed by atoms with E-state index >= 15 is 0 Å². The van der Waals surface area contributed by atoms with E-state index in [1.807, 2.05) is 43.1 Å². The third kappa shape index (κ3) is 1.04. The summed E-state index contributed by atoms with van der Waals surface area (Å²) in [6, 6.07) is 6.00. The van der Waals surface area contributed by atoms with Crippen molar-refractivity contribution in [2.75, 3.05) is 0 Å². The van der Waals surface area contributed by atoms with Gasteiger partial charge in [0.1, 0.15) is 12.4 Å². The maximum absolute atomic E-state index is 2.00. The van der Waals surface area contributed by atoms with Gasteiger partial charge in [-0.3, -0.25) is 4.48 Å². The molecule has 1 aromatic heterocycles.